The van der Waals surface area contributed by atoms with Crippen molar-refractivity contribution in [1.82, 2.24) is 15.1 Å². The van der Waals surface area contributed by atoms with E-state index in [-0.39, 0.29) is 11.2 Å². The molecule has 0 bridgehead atoms. The molecule has 0 fully saturated rings. The van der Waals surface area contributed by atoms with E-state index in [2.05, 4.69) is 35.6 Å². The van der Waals surface area contributed by atoms with Crippen molar-refractivity contribution in [3.8, 4) is 0 Å². The molecule has 3 rings (SSSR count). The van der Waals surface area contributed by atoms with Crippen LogP contribution in [0, 0.1) is 12.3 Å². The Morgan fingerprint density at radius 3 is 2.52 bits per heavy atom. The lowest BCUT2D eigenvalue weighted by Crippen LogP contribution is -2.26. The summed E-state index contributed by atoms with van der Waals surface area (Å²) in [6, 6.07) is 3.81. The summed E-state index contributed by atoms with van der Waals surface area (Å²) >= 11 is 0. The van der Waals surface area contributed by atoms with E-state index in [9.17, 15) is 4.79 Å². The molecule has 1 aliphatic carbocycles. The fourth-order valence-electron chi connectivity index (χ4n) is 3.82. The first-order valence-corrected chi connectivity index (χ1v) is 9.04. The molecule has 0 saturated carbocycles. The van der Waals surface area contributed by atoms with E-state index >= 15 is 0 Å². The van der Waals surface area contributed by atoms with Crippen LogP contribution < -0.4 is 0 Å². The molecule has 0 unspecified atom stereocenters. The van der Waals surface area contributed by atoms with Crippen LogP contribution in [-0.2, 0) is 4.79 Å². The first-order valence-electron chi connectivity index (χ1n) is 9.04. The predicted molar refractivity (Wildman–Crippen MR) is 106 cm³/mol. The monoisotopic (exact) mass is 363 g/mol. The molecule has 0 atom stereocenters. The number of aryl methyl sites for hydroxylation is 1. The minimum absolute atomic E-state index is 0.0448. The Labute approximate surface area is 159 Å². The molecule has 5 nitrogen and oxygen atoms in total. The van der Waals surface area contributed by atoms with Crippen molar-refractivity contribution < 1.29 is 9.32 Å². The van der Waals surface area contributed by atoms with Crippen LogP contribution in [0.2, 0.25) is 0 Å². The van der Waals surface area contributed by atoms with Gasteiger partial charge in [0.05, 0.1) is 0 Å². The second-order valence-corrected chi connectivity index (χ2v) is 8.01. The van der Waals surface area contributed by atoms with Gasteiger partial charge < -0.3 is 4.52 Å². The molecule has 1 aliphatic rings. The highest BCUT2D eigenvalue weighted by Gasteiger charge is 2.34. The number of nitrogens with zero attached hydrogens (tertiary/aromatic N) is 3. The number of pyridine rings is 1. The number of rotatable bonds is 4. The number of carbonyl (C=O) groups is 1. The van der Waals surface area contributed by atoms with Gasteiger partial charge in [-0.15, -0.1) is 0 Å². The zero-order chi connectivity index (χ0) is 19.8. The molecular weight excluding hydrogens is 338 g/mol. The molecular formula is C22H25N3O2. The van der Waals surface area contributed by atoms with Gasteiger partial charge >= 0.3 is 0 Å². The van der Waals surface area contributed by atoms with Crippen molar-refractivity contribution >= 4 is 16.9 Å². The lowest BCUT2D eigenvalue weighted by Gasteiger charge is -2.32. The van der Waals surface area contributed by atoms with Gasteiger partial charge in [0, 0.05) is 48.0 Å². The summed E-state index contributed by atoms with van der Waals surface area (Å²) in [5.41, 5.74) is 4.87. The number of Topliss-reactive ketones (excluding diaryl/α,β-unsaturated/α-hetero) is 1. The van der Waals surface area contributed by atoms with E-state index < -0.39 is 0 Å². The van der Waals surface area contributed by atoms with Crippen molar-refractivity contribution in [3.63, 3.8) is 0 Å². The van der Waals surface area contributed by atoms with Crippen molar-refractivity contribution in [2.45, 2.75) is 47.5 Å². The van der Waals surface area contributed by atoms with Crippen LogP contribution in [0.15, 0.2) is 52.3 Å². The smallest absolute Gasteiger partial charge is 0.223 e. The molecule has 0 amide bonds. The molecule has 2 heterocycles. The van der Waals surface area contributed by atoms with Crippen LogP contribution in [0.1, 0.15) is 57.8 Å². The summed E-state index contributed by atoms with van der Waals surface area (Å²) in [7, 11) is 0. The van der Waals surface area contributed by atoms with Gasteiger partial charge in [-0.3, -0.25) is 9.78 Å². The third kappa shape index (κ3) is 3.82. The average Bonchev–Trinajstić information content (AvgIpc) is 2.98. The lowest BCUT2D eigenvalue weighted by molar-refractivity contribution is -0.117. The van der Waals surface area contributed by atoms with Gasteiger partial charge in [0.15, 0.2) is 5.78 Å². The molecule has 2 aromatic rings. The summed E-state index contributed by atoms with van der Waals surface area (Å²) in [4.78, 5) is 21.9. The van der Waals surface area contributed by atoms with Gasteiger partial charge in [-0.05, 0) is 37.3 Å². The number of ketones is 1. The standard InChI is InChI=1S/C22H25N3O2/c1-13(2)18(21-24-15(4)27-25-21)20(16-8-7-9-23-12-16)19-14(3)10-22(5,6)11-17(19)26/h7-9,12H,1,10-11H2,2-6H3/b20-18+. The Morgan fingerprint density at radius 1 is 1.26 bits per heavy atom. The molecule has 140 valence electrons. The Balaban J connectivity index is 2.36. The van der Waals surface area contributed by atoms with Crippen LogP contribution in [0.25, 0.3) is 11.1 Å². The summed E-state index contributed by atoms with van der Waals surface area (Å²) < 4.78 is 5.20. The number of aromatic nitrogens is 3. The predicted octanol–water partition coefficient (Wildman–Crippen LogP) is 4.97. The summed E-state index contributed by atoms with van der Waals surface area (Å²) in [5, 5.41) is 4.10. The fourth-order valence-corrected chi connectivity index (χ4v) is 3.82. The first kappa shape index (κ1) is 19.0. The highest BCUT2D eigenvalue weighted by molar-refractivity contribution is 6.18. The maximum absolute atomic E-state index is 13.2. The quantitative estimate of drug-likeness (QED) is 0.718. The summed E-state index contributed by atoms with van der Waals surface area (Å²) in [6.07, 6.45) is 4.83. The molecule has 0 radical (unpaired) electrons. The Kier molecular flexibility index (Phi) is 4.96. The van der Waals surface area contributed by atoms with E-state index in [4.69, 9.17) is 4.52 Å². The van der Waals surface area contributed by atoms with Crippen molar-refractivity contribution in [2.75, 3.05) is 0 Å². The molecule has 0 aromatic carbocycles. The zero-order valence-electron chi connectivity index (χ0n) is 16.6. The molecule has 0 spiro atoms. The SMILES string of the molecule is C=C(C)/C(=C(\C1=C(C)CC(C)(C)CC1=O)c1cccnc1)c1noc(C)n1. The third-order valence-corrected chi connectivity index (χ3v) is 4.72. The fraction of sp³-hybridized carbons (Fsp3) is 0.364. The second-order valence-electron chi connectivity index (χ2n) is 8.01. The average molecular weight is 363 g/mol. The van der Waals surface area contributed by atoms with Gasteiger partial charge in [0.25, 0.3) is 0 Å². The van der Waals surface area contributed by atoms with Crippen LogP contribution in [-0.4, -0.2) is 20.9 Å². The Bertz CT molecular complexity index is 962. The topological polar surface area (TPSA) is 68.9 Å². The van der Waals surface area contributed by atoms with E-state index in [0.717, 1.165) is 39.8 Å². The van der Waals surface area contributed by atoms with Gasteiger partial charge in [0.1, 0.15) is 0 Å². The van der Waals surface area contributed by atoms with E-state index in [1.54, 1.807) is 19.3 Å². The van der Waals surface area contributed by atoms with E-state index in [1.165, 1.54) is 0 Å². The molecule has 0 N–H and O–H groups in total. The Morgan fingerprint density at radius 2 is 2.00 bits per heavy atom. The van der Waals surface area contributed by atoms with Crippen molar-refractivity contribution in [2.24, 2.45) is 5.41 Å². The maximum Gasteiger partial charge on any atom is 0.223 e. The summed E-state index contributed by atoms with van der Waals surface area (Å²) in [5.74, 6) is 1.04. The highest BCUT2D eigenvalue weighted by Crippen LogP contribution is 2.44. The molecule has 5 heteroatoms. The van der Waals surface area contributed by atoms with Crippen LogP contribution >= 0.6 is 0 Å². The number of carbonyl (C=O) groups excluding carboxylic acids is 1. The second kappa shape index (κ2) is 7.06. The third-order valence-electron chi connectivity index (χ3n) is 4.72. The van der Waals surface area contributed by atoms with Gasteiger partial charge in [-0.2, -0.15) is 4.98 Å². The number of allylic oxidation sites excluding steroid dienone is 5. The van der Waals surface area contributed by atoms with Crippen LogP contribution in [0.3, 0.4) is 0 Å². The maximum atomic E-state index is 13.2. The van der Waals surface area contributed by atoms with Crippen molar-refractivity contribution in [3.05, 3.63) is 65.1 Å². The Hall–Kier alpha value is -2.82. The van der Waals surface area contributed by atoms with Gasteiger partial charge in [-0.25, -0.2) is 0 Å². The minimum Gasteiger partial charge on any atom is -0.339 e. The normalized spacial score (nSPS) is 17.7. The summed E-state index contributed by atoms with van der Waals surface area (Å²) in [6.45, 7) is 14.0. The van der Waals surface area contributed by atoms with Crippen LogP contribution in [0.4, 0.5) is 0 Å². The molecule has 2 aromatic heterocycles. The van der Waals surface area contributed by atoms with Gasteiger partial charge in [-0.1, -0.05) is 37.2 Å². The molecule has 27 heavy (non-hydrogen) atoms. The first-order chi connectivity index (χ1) is 12.7. The van der Waals surface area contributed by atoms with E-state index in [1.807, 2.05) is 26.0 Å². The largest absolute Gasteiger partial charge is 0.339 e. The number of hydrogen-bond acceptors (Lipinski definition) is 5. The van der Waals surface area contributed by atoms with Crippen molar-refractivity contribution in [1.29, 1.82) is 0 Å². The highest BCUT2D eigenvalue weighted by atomic mass is 16.5. The van der Waals surface area contributed by atoms with Gasteiger partial charge in [0.2, 0.25) is 11.7 Å². The molecule has 0 aliphatic heterocycles. The van der Waals surface area contributed by atoms with E-state index in [0.29, 0.717) is 18.1 Å². The molecule has 0 saturated heterocycles. The number of hydrogen-bond donors (Lipinski definition) is 0. The zero-order valence-corrected chi connectivity index (χ0v) is 16.6. The van der Waals surface area contributed by atoms with Crippen LogP contribution in [0.5, 0.6) is 0 Å². The minimum atomic E-state index is -0.0448. The lowest BCUT2D eigenvalue weighted by atomic mass is 9.71.